The van der Waals surface area contributed by atoms with Crippen molar-refractivity contribution < 1.29 is 14.3 Å². The molecule has 108 valence electrons. The quantitative estimate of drug-likeness (QED) is 0.828. The van der Waals surface area contributed by atoms with Crippen LogP contribution in [0.5, 0.6) is 0 Å². The Hall–Kier alpha value is -1.10. The standard InChI is InChI=1S/C14H24N2O3/c1-10(17)15-12-9-11(5-6-13(12)19-2)14(18)16-7-3-4-8-16/h11-13H,3-9H2,1-2H3,(H,15,17)/t11-,12+,13+/m0/s1. The van der Waals surface area contributed by atoms with Crippen LogP contribution in [0.2, 0.25) is 0 Å². The number of likely N-dealkylation sites (tertiary alicyclic amines) is 1. The number of methoxy groups -OCH3 is 1. The van der Waals surface area contributed by atoms with Crippen molar-refractivity contribution in [1.82, 2.24) is 10.2 Å². The largest absolute Gasteiger partial charge is 0.379 e. The lowest BCUT2D eigenvalue weighted by Gasteiger charge is -2.36. The molecule has 1 saturated carbocycles. The van der Waals surface area contributed by atoms with Crippen LogP contribution in [0.25, 0.3) is 0 Å². The number of ether oxygens (including phenoxy) is 1. The maximum Gasteiger partial charge on any atom is 0.225 e. The number of carbonyl (C=O) groups excluding carboxylic acids is 2. The van der Waals surface area contributed by atoms with Gasteiger partial charge in [0, 0.05) is 33.0 Å². The van der Waals surface area contributed by atoms with Gasteiger partial charge in [-0.1, -0.05) is 0 Å². The molecule has 5 nitrogen and oxygen atoms in total. The number of nitrogens with one attached hydrogen (secondary N) is 1. The fourth-order valence-corrected chi connectivity index (χ4v) is 3.26. The second-order valence-electron chi connectivity index (χ2n) is 5.62. The molecule has 0 bridgehead atoms. The average Bonchev–Trinajstić information content (AvgIpc) is 2.91. The van der Waals surface area contributed by atoms with Gasteiger partial charge in [0.1, 0.15) is 0 Å². The van der Waals surface area contributed by atoms with Gasteiger partial charge in [-0.05, 0) is 32.1 Å². The predicted molar refractivity (Wildman–Crippen MR) is 71.6 cm³/mol. The van der Waals surface area contributed by atoms with Crippen molar-refractivity contribution in [3.8, 4) is 0 Å². The lowest BCUT2D eigenvalue weighted by Crippen LogP contribution is -2.50. The lowest BCUT2D eigenvalue weighted by atomic mass is 9.82. The zero-order chi connectivity index (χ0) is 13.8. The van der Waals surface area contributed by atoms with Crippen LogP contribution in [0.4, 0.5) is 0 Å². The van der Waals surface area contributed by atoms with E-state index in [1.807, 2.05) is 4.90 Å². The first-order valence-electron chi connectivity index (χ1n) is 7.20. The van der Waals surface area contributed by atoms with Crippen molar-refractivity contribution in [2.75, 3.05) is 20.2 Å². The number of amides is 2. The van der Waals surface area contributed by atoms with E-state index in [0.29, 0.717) is 6.42 Å². The number of hydrogen-bond donors (Lipinski definition) is 1. The van der Waals surface area contributed by atoms with Gasteiger partial charge >= 0.3 is 0 Å². The summed E-state index contributed by atoms with van der Waals surface area (Å²) in [6, 6.07) is -0.0344. The Labute approximate surface area is 114 Å². The first-order valence-corrected chi connectivity index (χ1v) is 7.20. The zero-order valence-corrected chi connectivity index (χ0v) is 11.9. The van der Waals surface area contributed by atoms with E-state index < -0.39 is 0 Å². The predicted octanol–water partition coefficient (Wildman–Crippen LogP) is 0.929. The molecule has 2 amide bonds. The molecule has 0 unspecified atom stereocenters. The SMILES string of the molecule is CO[C@@H]1CC[C@H](C(=O)N2CCCC2)C[C@H]1NC(C)=O. The summed E-state index contributed by atoms with van der Waals surface area (Å²) in [5.41, 5.74) is 0. The maximum atomic E-state index is 12.4. The molecule has 0 radical (unpaired) electrons. The lowest BCUT2D eigenvalue weighted by molar-refractivity contribution is -0.137. The van der Waals surface area contributed by atoms with E-state index in [4.69, 9.17) is 4.74 Å². The molecule has 1 heterocycles. The first-order chi connectivity index (χ1) is 9.11. The van der Waals surface area contributed by atoms with Crippen LogP contribution in [-0.2, 0) is 14.3 Å². The molecular weight excluding hydrogens is 244 g/mol. The molecule has 0 aromatic rings. The van der Waals surface area contributed by atoms with Gasteiger partial charge in [-0.2, -0.15) is 0 Å². The zero-order valence-electron chi connectivity index (χ0n) is 11.9. The summed E-state index contributed by atoms with van der Waals surface area (Å²) in [7, 11) is 1.67. The second-order valence-corrected chi connectivity index (χ2v) is 5.62. The summed E-state index contributed by atoms with van der Waals surface area (Å²) < 4.78 is 5.42. The Morgan fingerprint density at radius 1 is 1.21 bits per heavy atom. The third-order valence-electron chi connectivity index (χ3n) is 4.25. The number of nitrogens with zero attached hydrogens (tertiary/aromatic N) is 1. The van der Waals surface area contributed by atoms with Crippen LogP contribution in [0.15, 0.2) is 0 Å². The van der Waals surface area contributed by atoms with Gasteiger partial charge in [-0.25, -0.2) is 0 Å². The molecule has 2 fully saturated rings. The Morgan fingerprint density at radius 2 is 1.89 bits per heavy atom. The van der Waals surface area contributed by atoms with Crippen LogP contribution < -0.4 is 5.32 Å². The van der Waals surface area contributed by atoms with E-state index >= 15 is 0 Å². The number of hydrogen-bond acceptors (Lipinski definition) is 3. The van der Waals surface area contributed by atoms with Crippen molar-refractivity contribution in [3.63, 3.8) is 0 Å². The van der Waals surface area contributed by atoms with E-state index in [0.717, 1.165) is 38.8 Å². The van der Waals surface area contributed by atoms with Gasteiger partial charge in [0.15, 0.2) is 0 Å². The van der Waals surface area contributed by atoms with E-state index in [1.54, 1.807) is 7.11 Å². The summed E-state index contributed by atoms with van der Waals surface area (Å²) >= 11 is 0. The Morgan fingerprint density at radius 3 is 2.47 bits per heavy atom. The van der Waals surface area contributed by atoms with Gasteiger partial charge in [0.2, 0.25) is 11.8 Å². The van der Waals surface area contributed by atoms with Gasteiger partial charge in [-0.15, -0.1) is 0 Å². The van der Waals surface area contributed by atoms with E-state index in [2.05, 4.69) is 5.32 Å². The van der Waals surface area contributed by atoms with Crippen LogP contribution in [0, 0.1) is 5.92 Å². The molecule has 2 rings (SSSR count). The van der Waals surface area contributed by atoms with E-state index in [1.165, 1.54) is 6.92 Å². The molecule has 1 saturated heterocycles. The molecule has 1 aliphatic carbocycles. The van der Waals surface area contributed by atoms with Gasteiger partial charge in [-0.3, -0.25) is 9.59 Å². The molecule has 3 atom stereocenters. The summed E-state index contributed by atoms with van der Waals surface area (Å²) in [6.45, 7) is 3.31. The molecule has 0 aromatic heterocycles. The van der Waals surface area contributed by atoms with Crippen molar-refractivity contribution >= 4 is 11.8 Å². The molecule has 5 heteroatoms. The highest BCUT2D eigenvalue weighted by atomic mass is 16.5. The van der Waals surface area contributed by atoms with Crippen molar-refractivity contribution in [3.05, 3.63) is 0 Å². The second kappa shape index (κ2) is 6.37. The molecule has 19 heavy (non-hydrogen) atoms. The summed E-state index contributed by atoms with van der Waals surface area (Å²) in [5, 5.41) is 2.92. The fraction of sp³-hybridized carbons (Fsp3) is 0.857. The van der Waals surface area contributed by atoms with Crippen LogP contribution in [0.3, 0.4) is 0 Å². The Kier molecular flexibility index (Phi) is 4.80. The van der Waals surface area contributed by atoms with Crippen LogP contribution in [0.1, 0.15) is 39.0 Å². The monoisotopic (exact) mass is 268 g/mol. The van der Waals surface area contributed by atoms with Gasteiger partial charge in [0.05, 0.1) is 12.1 Å². The third-order valence-corrected chi connectivity index (χ3v) is 4.25. The highest BCUT2D eigenvalue weighted by Crippen LogP contribution is 2.29. The topological polar surface area (TPSA) is 58.6 Å². The highest BCUT2D eigenvalue weighted by Gasteiger charge is 2.36. The van der Waals surface area contributed by atoms with Crippen LogP contribution in [-0.4, -0.2) is 49.1 Å². The minimum Gasteiger partial charge on any atom is -0.379 e. The minimum absolute atomic E-state index is 0.0338. The normalized spacial score (nSPS) is 31.3. The first kappa shape index (κ1) is 14.3. The molecule has 2 aliphatic rings. The van der Waals surface area contributed by atoms with Crippen molar-refractivity contribution in [2.45, 2.75) is 51.2 Å². The number of rotatable bonds is 3. The van der Waals surface area contributed by atoms with Crippen molar-refractivity contribution in [1.29, 1.82) is 0 Å². The Balaban J connectivity index is 1.95. The molecule has 1 aliphatic heterocycles. The Bertz CT molecular complexity index is 340. The molecule has 1 N–H and O–H groups in total. The van der Waals surface area contributed by atoms with E-state index in [9.17, 15) is 9.59 Å². The van der Waals surface area contributed by atoms with Gasteiger partial charge in [0.25, 0.3) is 0 Å². The summed E-state index contributed by atoms with van der Waals surface area (Å²) in [4.78, 5) is 25.6. The highest BCUT2D eigenvalue weighted by molar-refractivity contribution is 5.79. The molecule has 0 aromatic carbocycles. The summed E-state index contributed by atoms with van der Waals surface area (Å²) in [6.07, 6.45) is 4.68. The van der Waals surface area contributed by atoms with Crippen molar-refractivity contribution in [2.24, 2.45) is 5.92 Å². The average molecular weight is 268 g/mol. The maximum absolute atomic E-state index is 12.4. The fourth-order valence-electron chi connectivity index (χ4n) is 3.26. The van der Waals surface area contributed by atoms with Gasteiger partial charge < -0.3 is 15.0 Å². The molecular formula is C14H24N2O3. The smallest absolute Gasteiger partial charge is 0.225 e. The third kappa shape index (κ3) is 3.47. The number of carbonyl (C=O) groups is 2. The van der Waals surface area contributed by atoms with E-state index in [-0.39, 0.29) is 29.9 Å². The minimum atomic E-state index is -0.0543. The van der Waals surface area contributed by atoms with Crippen LogP contribution >= 0.6 is 0 Å². The summed E-state index contributed by atoms with van der Waals surface area (Å²) in [5.74, 6) is 0.255. The molecule has 0 spiro atoms.